The first-order chi connectivity index (χ1) is 16.5. The van der Waals surface area contributed by atoms with Gasteiger partial charge in [-0.1, -0.05) is 5.16 Å². The lowest BCUT2D eigenvalue weighted by atomic mass is 10.1. The van der Waals surface area contributed by atoms with E-state index in [2.05, 4.69) is 15.5 Å². The lowest BCUT2D eigenvalue weighted by Gasteiger charge is -2.23. The van der Waals surface area contributed by atoms with E-state index in [1.54, 1.807) is 24.3 Å². The van der Waals surface area contributed by atoms with E-state index in [0.29, 0.717) is 36.3 Å². The summed E-state index contributed by atoms with van der Waals surface area (Å²) in [6, 6.07) is 6.13. The summed E-state index contributed by atoms with van der Waals surface area (Å²) >= 11 is 0. The fourth-order valence-electron chi connectivity index (χ4n) is 3.72. The predicted octanol–water partition coefficient (Wildman–Crippen LogP) is 6.15. The van der Waals surface area contributed by atoms with Crippen molar-refractivity contribution >= 4 is 11.7 Å². The minimum Gasteiger partial charge on any atom is -0.497 e. The number of halogens is 6. The van der Waals surface area contributed by atoms with E-state index in [9.17, 15) is 31.1 Å². The van der Waals surface area contributed by atoms with Gasteiger partial charge in [-0.3, -0.25) is 0 Å². The van der Waals surface area contributed by atoms with Crippen LogP contribution in [-0.2, 0) is 12.4 Å². The fourth-order valence-corrected chi connectivity index (χ4v) is 3.72. The first kappa shape index (κ1) is 24.4. The molecule has 13 heteroatoms. The molecule has 2 heterocycles. The Labute approximate surface area is 194 Å². The van der Waals surface area contributed by atoms with Gasteiger partial charge in [0, 0.05) is 17.8 Å². The average Bonchev–Trinajstić information content (AvgIpc) is 3.47. The number of anilines is 1. The van der Waals surface area contributed by atoms with Crippen LogP contribution in [0, 0.1) is 0 Å². The molecule has 4 rings (SSSR count). The van der Waals surface area contributed by atoms with Gasteiger partial charge in [0.1, 0.15) is 11.8 Å². The molecule has 0 saturated carbocycles. The number of ether oxygens (including phenoxy) is 1. The Balaban J connectivity index is 1.55. The van der Waals surface area contributed by atoms with Gasteiger partial charge in [0.2, 0.25) is 11.7 Å². The van der Waals surface area contributed by atoms with Crippen LogP contribution in [0.4, 0.5) is 36.8 Å². The quantitative estimate of drug-likeness (QED) is 0.435. The number of likely N-dealkylation sites (tertiary alicyclic amines) is 1. The van der Waals surface area contributed by atoms with Crippen molar-refractivity contribution in [2.45, 2.75) is 31.2 Å². The summed E-state index contributed by atoms with van der Waals surface area (Å²) in [5.41, 5.74) is -3.06. The van der Waals surface area contributed by atoms with Crippen molar-refractivity contribution in [2.24, 2.45) is 0 Å². The van der Waals surface area contributed by atoms with Crippen molar-refractivity contribution in [3.63, 3.8) is 0 Å². The summed E-state index contributed by atoms with van der Waals surface area (Å²) in [7, 11) is 1.52. The van der Waals surface area contributed by atoms with Crippen molar-refractivity contribution in [1.29, 1.82) is 0 Å². The summed E-state index contributed by atoms with van der Waals surface area (Å²) in [6.45, 7) is 0.196. The van der Waals surface area contributed by atoms with Gasteiger partial charge in [0.15, 0.2) is 0 Å². The second-order valence-electron chi connectivity index (χ2n) is 7.76. The van der Waals surface area contributed by atoms with E-state index in [4.69, 9.17) is 9.26 Å². The molecule has 1 aromatic heterocycles. The maximum absolute atomic E-state index is 13.1. The van der Waals surface area contributed by atoms with Crippen LogP contribution in [0.2, 0.25) is 0 Å². The molecule has 3 aromatic rings. The molecule has 0 radical (unpaired) electrons. The number of hydrogen-bond acceptors (Lipinski definition) is 5. The molecule has 1 unspecified atom stereocenters. The van der Waals surface area contributed by atoms with Crippen molar-refractivity contribution < 1.29 is 40.4 Å². The highest BCUT2D eigenvalue weighted by Crippen LogP contribution is 2.38. The van der Waals surface area contributed by atoms with Crippen molar-refractivity contribution in [3.8, 4) is 17.1 Å². The molecule has 186 valence electrons. The van der Waals surface area contributed by atoms with Crippen LogP contribution in [0.5, 0.6) is 5.75 Å². The summed E-state index contributed by atoms with van der Waals surface area (Å²) < 4.78 is 89.1. The van der Waals surface area contributed by atoms with E-state index in [-0.39, 0.29) is 24.3 Å². The second kappa shape index (κ2) is 9.12. The molecule has 2 amide bonds. The highest BCUT2D eigenvalue weighted by atomic mass is 19.4. The number of methoxy groups -OCH3 is 1. The Morgan fingerprint density at radius 1 is 1.06 bits per heavy atom. The van der Waals surface area contributed by atoms with Crippen LogP contribution in [0.15, 0.2) is 47.0 Å². The van der Waals surface area contributed by atoms with E-state index >= 15 is 0 Å². The Hall–Kier alpha value is -3.77. The largest absolute Gasteiger partial charge is 0.497 e. The van der Waals surface area contributed by atoms with Gasteiger partial charge in [-0.25, -0.2) is 4.79 Å². The molecule has 1 atom stereocenters. The topological polar surface area (TPSA) is 80.5 Å². The van der Waals surface area contributed by atoms with Crippen LogP contribution in [0.3, 0.4) is 0 Å². The van der Waals surface area contributed by atoms with Crippen molar-refractivity contribution in [2.75, 3.05) is 19.0 Å². The molecular formula is C22H18F6N4O3. The molecule has 1 fully saturated rings. The molecule has 2 aromatic carbocycles. The minimum atomic E-state index is -5.03. The number of urea groups is 1. The van der Waals surface area contributed by atoms with Crippen LogP contribution in [0.25, 0.3) is 11.4 Å². The number of alkyl halides is 6. The molecule has 0 spiro atoms. The van der Waals surface area contributed by atoms with E-state index in [1.807, 2.05) is 0 Å². The van der Waals surface area contributed by atoms with E-state index in [1.165, 1.54) is 12.0 Å². The predicted molar refractivity (Wildman–Crippen MR) is 110 cm³/mol. The van der Waals surface area contributed by atoms with Crippen LogP contribution in [0.1, 0.15) is 35.9 Å². The Bertz CT molecular complexity index is 1170. The van der Waals surface area contributed by atoms with Crippen molar-refractivity contribution in [3.05, 3.63) is 59.5 Å². The van der Waals surface area contributed by atoms with Gasteiger partial charge < -0.3 is 19.5 Å². The van der Waals surface area contributed by atoms with Crippen LogP contribution < -0.4 is 10.1 Å². The molecule has 0 bridgehead atoms. The van der Waals surface area contributed by atoms with Crippen molar-refractivity contribution in [1.82, 2.24) is 15.0 Å². The summed E-state index contributed by atoms with van der Waals surface area (Å²) in [5, 5.41) is 6.05. The molecule has 1 aliphatic heterocycles. The average molecular weight is 500 g/mol. The standard InChI is InChI=1S/C22H18F6N4O3/c1-34-16-6-4-12(5-7-16)18-30-19(35-31-18)17-3-2-8-32(17)20(33)29-15-10-13(21(23,24)25)9-14(11-15)22(26,27)28/h4-7,9-11,17H,2-3,8H2,1H3,(H,29,33). The Kier molecular flexibility index (Phi) is 6.34. The zero-order valence-electron chi connectivity index (χ0n) is 18.1. The zero-order chi connectivity index (χ0) is 25.4. The lowest BCUT2D eigenvalue weighted by molar-refractivity contribution is -0.143. The molecular weight excluding hydrogens is 482 g/mol. The summed E-state index contributed by atoms with van der Waals surface area (Å²) in [5.74, 6) is 0.977. The van der Waals surface area contributed by atoms with Gasteiger partial charge in [0.25, 0.3) is 0 Å². The zero-order valence-corrected chi connectivity index (χ0v) is 18.1. The van der Waals surface area contributed by atoms with Crippen LogP contribution >= 0.6 is 0 Å². The highest BCUT2D eigenvalue weighted by molar-refractivity contribution is 5.90. The van der Waals surface area contributed by atoms with Crippen LogP contribution in [-0.4, -0.2) is 34.7 Å². The number of amides is 2. The monoisotopic (exact) mass is 500 g/mol. The van der Waals surface area contributed by atoms with E-state index < -0.39 is 41.2 Å². The first-order valence-electron chi connectivity index (χ1n) is 10.3. The van der Waals surface area contributed by atoms with Gasteiger partial charge in [0.05, 0.1) is 18.2 Å². The maximum atomic E-state index is 13.1. The van der Waals surface area contributed by atoms with Gasteiger partial charge in [-0.2, -0.15) is 31.3 Å². The summed E-state index contributed by atoms with van der Waals surface area (Å²) in [4.78, 5) is 18.4. The lowest BCUT2D eigenvalue weighted by Crippen LogP contribution is -2.34. The SMILES string of the molecule is COc1ccc(-c2noc(C3CCCN3C(=O)Nc3cc(C(F)(F)F)cc(C(F)(F)F)c3)n2)cc1. The number of carbonyl (C=O) groups excluding carboxylic acids is 1. The summed E-state index contributed by atoms with van der Waals surface area (Å²) in [6.07, 6.45) is -9.11. The van der Waals surface area contributed by atoms with Gasteiger partial charge in [-0.05, 0) is 55.3 Å². The number of nitrogens with one attached hydrogen (secondary N) is 1. The Morgan fingerprint density at radius 3 is 2.26 bits per heavy atom. The fraction of sp³-hybridized carbons (Fsp3) is 0.318. The Morgan fingerprint density at radius 2 is 1.69 bits per heavy atom. The van der Waals surface area contributed by atoms with E-state index in [0.717, 1.165) is 0 Å². The third-order valence-corrected chi connectivity index (χ3v) is 5.43. The number of hydrogen-bond donors (Lipinski definition) is 1. The third kappa shape index (κ3) is 5.33. The number of aromatic nitrogens is 2. The maximum Gasteiger partial charge on any atom is 0.416 e. The minimum absolute atomic E-state index is 0.00650. The van der Waals surface area contributed by atoms with Gasteiger partial charge in [-0.15, -0.1) is 0 Å². The second-order valence-corrected chi connectivity index (χ2v) is 7.76. The normalized spacial score (nSPS) is 16.4. The first-order valence-corrected chi connectivity index (χ1v) is 10.3. The third-order valence-electron chi connectivity index (χ3n) is 5.43. The van der Waals surface area contributed by atoms with Gasteiger partial charge >= 0.3 is 18.4 Å². The number of nitrogens with zero attached hydrogens (tertiary/aromatic N) is 3. The molecule has 1 aliphatic rings. The smallest absolute Gasteiger partial charge is 0.416 e. The molecule has 1 saturated heterocycles. The molecule has 35 heavy (non-hydrogen) atoms. The molecule has 0 aliphatic carbocycles. The molecule has 7 nitrogen and oxygen atoms in total. The number of benzene rings is 2. The highest BCUT2D eigenvalue weighted by Gasteiger charge is 2.38. The molecule has 1 N–H and O–H groups in total. The number of carbonyl (C=O) groups is 1. The number of rotatable bonds is 4.